The third kappa shape index (κ3) is 8.87. The zero-order valence-corrected chi connectivity index (χ0v) is 18.4. The molecule has 0 aromatic rings. The van der Waals surface area contributed by atoms with E-state index in [0.717, 1.165) is 83.7 Å². The van der Waals surface area contributed by atoms with Gasteiger partial charge in [0.15, 0.2) is 0 Å². The molecule has 0 amide bonds. The van der Waals surface area contributed by atoms with Crippen molar-refractivity contribution >= 4 is 11.9 Å². The molecule has 0 radical (unpaired) electrons. The number of ether oxygens (including phenoxy) is 3. The Balaban J connectivity index is 1.47. The summed E-state index contributed by atoms with van der Waals surface area (Å²) in [7, 11) is 0. The highest BCUT2D eigenvalue weighted by atomic mass is 16.5. The second-order valence-electron chi connectivity index (χ2n) is 8.71. The Bertz CT molecular complexity index is 595. The van der Waals surface area contributed by atoms with Crippen molar-refractivity contribution < 1.29 is 23.8 Å². The van der Waals surface area contributed by atoms with Gasteiger partial charge in [0.1, 0.15) is 6.10 Å². The second kappa shape index (κ2) is 13.4. The Labute approximate surface area is 180 Å². The normalized spacial score (nSPS) is 26.4. The zero-order chi connectivity index (χ0) is 21.8. The fourth-order valence-electron chi connectivity index (χ4n) is 4.13. The molecule has 0 aromatic carbocycles. The number of esters is 2. The molecule has 2 aliphatic carbocycles. The minimum atomic E-state index is -0.316. The summed E-state index contributed by atoms with van der Waals surface area (Å²) >= 11 is 0. The molecule has 2 aliphatic rings. The molecule has 6 heteroatoms. The first-order valence-corrected chi connectivity index (χ1v) is 11.5. The van der Waals surface area contributed by atoms with E-state index in [1.165, 1.54) is 0 Å². The van der Waals surface area contributed by atoms with Crippen LogP contribution in [0.5, 0.6) is 0 Å². The minimum absolute atomic E-state index is 0.000359. The quantitative estimate of drug-likeness (QED) is 0.270. The summed E-state index contributed by atoms with van der Waals surface area (Å²) in [6.07, 6.45) is 11.0. The highest BCUT2D eigenvalue weighted by Crippen LogP contribution is 2.30. The average Bonchev–Trinajstić information content (AvgIpc) is 2.76. The maximum absolute atomic E-state index is 12.4. The summed E-state index contributed by atoms with van der Waals surface area (Å²) in [5, 5.41) is 8.96. The molecule has 0 unspecified atom stereocenters. The molecule has 0 saturated heterocycles. The van der Waals surface area contributed by atoms with E-state index in [0.29, 0.717) is 12.2 Å². The standard InChI is InChI=1S/C24H37NO5/c1-18(2)23(26)29-16-6-4-3-5-15-28-21-13-9-20(10-14-21)24(27)30-22-11-7-19(17-25)8-12-22/h19-22H,1,3-16H2,2H3. The number of carbonyl (C=O) groups excluding carboxylic acids is 2. The van der Waals surface area contributed by atoms with Crippen LogP contribution < -0.4 is 0 Å². The summed E-state index contributed by atoms with van der Waals surface area (Å²) in [6, 6.07) is 2.31. The molecule has 0 aromatic heterocycles. The van der Waals surface area contributed by atoms with E-state index in [1.54, 1.807) is 6.92 Å². The molecule has 6 nitrogen and oxygen atoms in total. The first-order valence-electron chi connectivity index (χ1n) is 11.5. The van der Waals surface area contributed by atoms with Crippen molar-refractivity contribution in [2.75, 3.05) is 13.2 Å². The lowest BCUT2D eigenvalue weighted by Gasteiger charge is -2.30. The van der Waals surface area contributed by atoms with E-state index in [4.69, 9.17) is 19.5 Å². The van der Waals surface area contributed by atoms with Crippen molar-refractivity contribution in [2.45, 2.75) is 96.2 Å². The van der Waals surface area contributed by atoms with Gasteiger partial charge in [0.05, 0.1) is 24.7 Å². The van der Waals surface area contributed by atoms with Crippen LogP contribution in [0.2, 0.25) is 0 Å². The van der Waals surface area contributed by atoms with Gasteiger partial charge in [0.25, 0.3) is 0 Å². The Hall–Kier alpha value is -1.87. The van der Waals surface area contributed by atoms with Crippen molar-refractivity contribution in [2.24, 2.45) is 11.8 Å². The van der Waals surface area contributed by atoms with Crippen LogP contribution >= 0.6 is 0 Å². The molecule has 168 valence electrons. The molecular formula is C24H37NO5. The number of hydrogen-bond donors (Lipinski definition) is 0. The van der Waals surface area contributed by atoms with Crippen molar-refractivity contribution in [3.8, 4) is 6.07 Å². The predicted octanol–water partition coefficient (Wildman–Crippen LogP) is 4.87. The Morgan fingerprint density at radius 3 is 2.10 bits per heavy atom. The van der Waals surface area contributed by atoms with Gasteiger partial charge in [0.2, 0.25) is 0 Å². The fraction of sp³-hybridized carbons (Fsp3) is 0.792. The maximum Gasteiger partial charge on any atom is 0.333 e. The number of unbranched alkanes of at least 4 members (excludes halogenated alkanes) is 3. The third-order valence-electron chi connectivity index (χ3n) is 6.12. The number of nitriles is 1. The van der Waals surface area contributed by atoms with Gasteiger partial charge in [-0.1, -0.05) is 13.0 Å². The Kier molecular flexibility index (Phi) is 10.9. The smallest absolute Gasteiger partial charge is 0.333 e. The molecule has 2 fully saturated rings. The van der Waals surface area contributed by atoms with E-state index >= 15 is 0 Å². The summed E-state index contributed by atoms with van der Waals surface area (Å²) in [6.45, 7) is 6.40. The van der Waals surface area contributed by atoms with E-state index in [2.05, 4.69) is 12.6 Å². The van der Waals surface area contributed by atoms with Crippen molar-refractivity contribution in [1.29, 1.82) is 5.26 Å². The van der Waals surface area contributed by atoms with Gasteiger partial charge in [-0.05, 0) is 77.6 Å². The lowest BCUT2D eigenvalue weighted by Crippen LogP contribution is -2.31. The SMILES string of the molecule is C=C(C)C(=O)OCCCCCCOC1CCC(C(=O)OC2CCC(C#N)CC2)CC1. The molecule has 2 rings (SSSR count). The number of carbonyl (C=O) groups is 2. The summed E-state index contributed by atoms with van der Waals surface area (Å²) in [5.74, 6) is -0.238. The minimum Gasteiger partial charge on any atom is -0.462 e. The van der Waals surface area contributed by atoms with Gasteiger partial charge in [-0.3, -0.25) is 4.79 Å². The first-order chi connectivity index (χ1) is 14.5. The maximum atomic E-state index is 12.4. The van der Waals surface area contributed by atoms with E-state index in [-0.39, 0.29) is 36.0 Å². The van der Waals surface area contributed by atoms with Crippen LogP contribution in [0.25, 0.3) is 0 Å². The topological polar surface area (TPSA) is 85.6 Å². The molecule has 0 atom stereocenters. The van der Waals surface area contributed by atoms with Crippen molar-refractivity contribution in [3.05, 3.63) is 12.2 Å². The molecule has 0 N–H and O–H groups in total. The van der Waals surface area contributed by atoms with Crippen LogP contribution in [0.4, 0.5) is 0 Å². The van der Waals surface area contributed by atoms with E-state index in [1.807, 2.05) is 0 Å². The molecule has 2 saturated carbocycles. The number of rotatable bonds is 11. The Morgan fingerprint density at radius 1 is 0.900 bits per heavy atom. The third-order valence-corrected chi connectivity index (χ3v) is 6.12. The average molecular weight is 420 g/mol. The molecule has 0 bridgehead atoms. The molecule has 0 heterocycles. The Morgan fingerprint density at radius 2 is 1.50 bits per heavy atom. The van der Waals surface area contributed by atoms with Crippen LogP contribution in [0.3, 0.4) is 0 Å². The molecule has 0 spiro atoms. The van der Waals surface area contributed by atoms with Crippen LogP contribution in [0.15, 0.2) is 12.2 Å². The van der Waals surface area contributed by atoms with Crippen LogP contribution in [-0.2, 0) is 23.8 Å². The van der Waals surface area contributed by atoms with Gasteiger partial charge in [-0.2, -0.15) is 5.26 Å². The molecular weight excluding hydrogens is 382 g/mol. The predicted molar refractivity (Wildman–Crippen MR) is 113 cm³/mol. The van der Waals surface area contributed by atoms with Crippen LogP contribution in [0, 0.1) is 23.2 Å². The van der Waals surface area contributed by atoms with Gasteiger partial charge in [0, 0.05) is 18.1 Å². The van der Waals surface area contributed by atoms with Gasteiger partial charge < -0.3 is 14.2 Å². The fourth-order valence-corrected chi connectivity index (χ4v) is 4.13. The van der Waals surface area contributed by atoms with Crippen molar-refractivity contribution in [3.63, 3.8) is 0 Å². The number of hydrogen-bond acceptors (Lipinski definition) is 6. The van der Waals surface area contributed by atoms with Gasteiger partial charge in [-0.15, -0.1) is 0 Å². The lowest BCUT2D eigenvalue weighted by molar-refractivity contribution is -0.158. The van der Waals surface area contributed by atoms with Crippen LogP contribution in [-0.4, -0.2) is 37.4 Å². The monoisotopic (exact) mass is 419 g/mol. The highest BCUT2D eigenvalue weighted by Gasteiger charge is 2.30. The summed E-state index contributed by atoms with van der Waals surface area (Å²) in [4.78, 5) is 23.7. The molecule has 30 heavy (non-hydrogen) atoms. The molecule has 0 aliphatic heterocycles. The largest absolute Gasteiger partial charge is 0.462 e. The van der Waals surface area contributed by atoms with Crippen molar-refractivity contribution in [1.82, 2.24) is 0 Å². The summed E-state index contributed by atoms with van der Waals surface area (Å²) in [5.41, 5.74) is 0.439. The lowest BCUT2D eigenvalue weighted by atomic mass is 9.86. The number of nitrogens with zero attached hydrogens (tertiary/aromatic N) is 1. The first kappa shape index (κ1) is 24.4. The van der Waals surface area contributed by atoms with E-state index < -0.39 is 0 Å². The zero-order valence-electron chi connectivity index (χ0n) is 18.4. The second-order valence-corrected chi connectivity index (χ2v) is 8.71. The van der Waals surface area contributed by atoms with E-state index in [9.17, 15) is 9.59 Å². The van der Waals surface area contributed by atoms with Gasteiger partial charge >= 0.3 is 11.9 Å². The van der Waals surface area contributed by atoms with Crippen LogP contribution in [0.1, 0.15) is 84.0 Å². The summed E-state index contributed by atoms with van der Waals surface area (Å²) < 4.78 is 16.8. The highest BCUT2D eigenvalue weighted by molar-refractivity contribution is 5.86. The van der Waals surface area contributed by atoms with Gasteiger partial charge in [-0.25, -0.2) is 4.79 Å².